The third-order valence-corrected chi connectivity index (χ3v) is 4.55. The van der Waals surface area contributed by atoms with E-state index >= 15 is 0 Å². The van der Waals surface area contributed by atoms with Crippen LogP contribution in [0.1, 0.15) is 46.8 Å². The number of ketones is 1. The smallest absolute Gasteiger partial charge is 0.307 e. The average Bonchev–Trinajstić information content (AvgIpc) is 2.72. The van der Waals surface area contributed by atoms with E-state index in [4.69, 9.17) is 9.47 Å². The van der Waals surface area contributed by atoms with E-state index < -0.39 is 18.0 Å². The molecule has 1 atom stereocenters. The van der Waals surface area contributed by atoms with Gasteiger partial charge in [0.1, 0.15) is 5.75 Å². The Balaban J connectivity index is 1.77. The van der Waals surface area contributed by atoms with Crippen molar-refractivity contribution < 1.29 is 23.9 Å². The number of carbonyl (C=O) groups excluding carboxylic acids is 3. The second-order valence-electron chi connectivity index (χ2n) is 6.94. The van der Waals surface area contributed by atoms with Crippen LogP contribution in [-0.2, 0) is 20.9 Å². The van der Waals surface area contributed by atoms with E-state index in [9.17, 15) is 14.4 Å². The molecule has 1 N–H and O–H groups in total. The van der Waals surface area contributed by atoms with Crippen molar-refractivity contribution in [1.82, 2.24) is 5.32 Å². The molecular formula is C23H27NO5. The minimum Gasteiger partial charge on any atom is -0.497 e. The van der Waals surface area contributed by atoms with E-state index in [0.29, 0.717) is 12.1 Å². The number of benzene rings is 2. The van der Waals surface area contributed by atoms with Gasteiger partial charge < -0.3 is 14.8 Å². The van der Waals surface area contributed by atoms with Crippen LogP contribution in [-0.4, -0.2) is 30.9 Å². The van der Waals surface area contributed by atoms with E-state index in [1.807, 2.05) is 44.2 Å². The van der Waals surface area contributed by atoms with Crippen LogP contribution in [0.2, 0.25) is 0 Å². The summed E-state index contributed by atoms with van der Waals surface area (Å²) in [5.74, 6) is -0.344. The van der Waals surface area contributed by atoms with Gasteiger partial charge in [0.25, 0.3) is 5.91 Å². The lowest BCUT2D eigenvalue weighted by molar-refractivity contribution is -0.154. The van der Waals surface area contributed by atoms with Crippen molar-refractivity contribution in [3.63, 3.8) is 0 Å². The first-order chi connectivity index (χ1) is 13.8. The first-order valence-corrected chi connectivity index (χ1v) is 9.50. The van der Waals surface area contributed by atoms with Gasteiger partial charge in [-0.05, 0) is 50.1 Å². The molecule has 0 radical (unpaired) electrons. The molecule has 2 aromatic carbocycles. The Labute approximate surface area is 171 Å². The molecule has 2 aromatic rings. The summed E-state index contributed by atoms with van der Waals surface area (Å²) in [5.41, 5.74) is 3.38. The van der Waals surface area contributed by atoms with E-state index in [0.717, 1.165) is 22.4 Å². The molecule has 0 unspecified atom stereocenters. The van der Waals surface area contributed by atoms with Gasteiger partial charge in [-0.15, -0.1) is 0 Å². The first-order valence-electron chi connectivity index (χ1n) is 9.50. The second-order valence-corrected chi connectivity index (χ2v) is 6.94. The van der Waals surface area contributed by atoms with E-state index in [2.05, 4.69) is 5.32 Å². The molecule has 154 valence electrons. The van der Waals surface area contributed by atoms with Crippen LogP contribution in [0, 0.1) is 13.8 Å². The number of methoxy groups -OCH3 is 1. The number of carbonyl (C=O) groups is 3. The number of amides is 1. The number of rotatable bonds is 9. The lowest BCUT2D eigenvalue weighted by Crippen LogP contribution is -2.35. The molecule has 0 aliphatic rings. The number of esters is 1. The zero-order valence-electron chi connectivity index (χ0n) is 17.3. The summed E-state index contributed by atoms with van der Waals surface area (Å²) in [6.07, 6.45) is -0.956. The van der Waals surface area contributed by atoms with Crippen molar-refractivity contribution in [3.05, 3.63) is 64.7 Å². The molecule has 0 aromatic heterocycles. The van der Waals surface area contributed by atoms with Gasteiger partial charge in [0.2, 0.25) is 0 Å². The molecular weight excluding hydrogens is 370 g/mol. The minimum atomic E-state index is -0.934. The molecule has 0 aliphatic heterocycles. The van der Waals surface area contributed by atoms with Crippen molar-refractivity contribution in [3.8, 4) is 5.75 Å². The molecule has 6 heteroatoms. The van der Waals surface area contributed by atoms with Gasteiger partial charge in [0.05, 0.1) is 13.5 Å². The van der Waals surface area contributed by atoms with Gasteiger partial charge in [0, 0.05) is 18.5 Å². The Bertz CT molecular complexity index is 873. The van der Waals surface area contributed by atoms with Crippen LogP contribution in [0.5, 0.6) is 5.75 Å². The van der Waals surface area contributed by atoms with Crippen molar-refractivity contribution in [2.45, 2.75) is 46.3 Å². The number of nitrogens with one attached hydrogen (secondary N) is 1. The molecule has 1 amide bonds. The van der Waals surface area contributed by atoms with E-state index in [1.54, 1.807) is 19.2 Å². The number of Topliss-reactive ketones (excluding diaryl/α,β-unsaturated/α-hetero) is 1. The van der Waals surface area contributed by atoms with Gasteiger partial charge >= 0.3 is 5.97 Å². The SMILES string of the molecule is COc1ccc(CNC(=O)[C@@H](C)OC(=O)CCC(=O)c2cc(C)ccc2C)cc1. The summed E-state index contributed by atoms with van der Waals surface area (Å²) in [6, 6.07) is 12.9. The summed E-state index contributed by atoms with van der Waals surface area (Å²) in [5, 5.41) is 2.72. The molecule has 2 rings (SSSR count). The Morgan fingerprint density at radius 3 is 2.34 bits per heavy atom. The molecule has 0 saturated heterocycles. The highest BCUT2D eigenvalue weighted by Gasteiger charge is 2.19. The third-order valence-electron chi connectivity index (χ3n) is 4.55. The second kappa shape index (κ2) is 10.4. The molecule has 0 spiro atoms. The zero-order valence-corrected chi connectivity index (χ0v) is 17.3. The third kappa shape index (κ3) is 6.75. The first kappa shape index (κ1) is 22.1. The van der Waals surface area contributed by atoms with Crippen molar-refractivity contribution >= 4 is 17.7 Å². The summed E-state index contributed by atoms with van der Waals surface area (Å²) in [4.78, 5) is 36.5. The lowest BCUT2D eigenvalue weighted by atomic mass is 9.99. The molecule has 0 fully saturated rings. The van der Waals surface area contributed by atoms with Gasteiger partial charge in [0.15, 0.2) is 11.9 Å². The molecule has 0 heterocycles. The van der Waals surface area contributed by atoms with Crippen LogP contribution >= 0.6 is 0 Å². The van der Waals surface area contributed by atoms with Crippen molar-refractivity contribution in [2.24, 2.45) is 0 Å². The maximum atomic E-state index is 12.4. The van der Waals surface area contributed by atoms with Crippen molar-refractivity contribution in [1.29, 1.82) is 0 Å². The van der Waals surface area contributed by atoms with Gasteiger partial charge in [-0.2, -0.15) is 0 Å². The number of aryl methyl sites for hydroxylation is 2. The Morgan fingerprint density at radius 2 is 1.69 bits per heavy atom. The highest BCUT2D eigenvalue weighted by molar-refractivity contribution is 5.99. The van der Waals surface area contributed by atoms with Crippen LogP contribution in [0.3, 0.4) is 0 Å². The summed E-state index contributed by atoms with van der Waals surface area (Å²) >= 11 is 0. The number of hydrogen-bond donors (Lipinski definition) is 1. The fraction of sp³-hybridized carbons (Fsp3) is 0.348. The normalized spacial score (nSPS) is 11.4. The highest BCUT2D eigenvalue weighted by Crippen LogP contribution is 2.14. The lowest BCUT2D eigenvalue weighted by Gasteiger charge is -2.14. The van der Waals surface area contributed by atoms with Gasteiger partial charge in [-0.3, -0.25) is 14.4 Å². The average molecular weight is 397 g/mol. The standard InChI is InChI=1S/C23H27NO5/c1-15-5-6-16(2)20(13-15)21(25)11-12-22(26)29-17(3)23(27)24-14-18-7-9-19(28-4)10-8-18/h5-10,13,17H,11-12,14H2,1-4H3,(H,24,27)/t17-/m1/s1. The van der Waals surface area contributed by atoms with Crippen LogP contribution in [0.25, 0.3) is 0 Å². The predicted molar refractivity (Wildman–Crippen MR) is 110 cm³/mol. The quantitative estimate of drug-likeness (QED) is 0.517. The van der Waals surface area contributed by atoms with Crippen LogP contribution in [0.15, 0.2) is 42.5 Å². The number of hydrogen-bond acceptors (Lipinski definition) is 5. The minimum absolute atomic E-state index is 0.0450. The molecule has 6 nitrogen and oxygen atoms in total. The Morgan fingerprint density at radius 1 is 1.00 bits per heavy atom. The van der Waals surface area contributed by atoms with E-state index in [-0.39, 0.29) is 18.6 Å². The monoisotopic (exact) mass is 397 g/mol. The number of ether oxygens (including phenoxy) is 2. The largest absolute Gasteiger partial charge is 0.497 e. The van der Waals surface area contributed by atoms with Crippen molar-refractivity contribution in [2.75, 3.05) is 7.11 Å². The Hall–Kier alpha value is -3.15. The molecule has 29 heavy (non-hydrogen) atoms. The predicted octanol–water partition coefficient (Wildman–Crippen LogP) is 3.52. The summed E-state index contributed by atoms with van der Waals surface area (Å²) in [7, 11) is 1.59. The van der Waals surface area contributed by atoms with E-state index in [1.165, 1.54) is 6.92 Å². The van der Waals surface area contributed by atoms with Crippen LogP contribution < -0.4 is 10.1 Å². The summed E-state index contributed by atoms with van der Waals surface area (Å²) in [6.45, 7) is 5.60. The zero-order chi connectivity index (χ0) is 21.4. The maximum absolute atomic E-state index is 12.4. The highest BCUT2D eigenvalue weighted by atomic mass is 16.5. The topological polar surface area (TPSA) is 81.7 Å². The summed E-state index contributed by atoms with van der Waals surface area (Å²) < 4.78 is 10.2. The molecule has 0 bridgehead atoms. The van der Waals surface area contributed by atoms with Gasteiger partial charge in [-0.25, -0.2) is 0 Å². The van der Waals surface area contributed by atoms with Gasteiger partial charge in [-0.1, -0.05) is 29.8 Å². The molecule has 0 aliphatic carbocycles. The maximum Gasteiger partial charge on any atom is 0.307 e. The van der Waals surface area contributed by atoms with Crippen LogP contribution in [0.4, 0.5) is 0 Å². The Kier molecular flexibility index (Phi) is 7.95. The fourth-order valence-electron chi connectivity index (χ4n) is 2.77. The molecule has 0 saturated carbocycles. The fourth-order valence-corrected chi connectivity index (χ4v) is 2.77.